The smallest absolute Gasteiger partial charge is 0.178 e. The molecular formula is C47H46F3NO4. The summed E-state index contributed by atoms with van der Waals surface area (Å²) < 4.78 is 71.8. The number of ether oxygens (including phenoxy) is 4. The summed E-state index contributed by atoms with van der Waals surface area (Å²) in [5.41, 5.74) is 3.93. The Balaban J connectivity index is 1.42. The van der Waals surface area contributed by atoms with Gasteiger partial charge in [0, 0.05) is 52.2 Å². The maximum Gasteiger partial charge on any atom is 0.178 e. The van der Waals surface area contributed by atoms with Crippen LogP contribution in [0.1, 0.15) is 74.8 Å². The summed E-state index contributed by atoms with van der Waals surface area (Å²) >= 11 is 0. The zero-order valence-electron chi connectivity index (χ0n) is 32.2. The minimum Gasteiger partial charge on any atom is -0.497 e. The quantitative estimate of drug-likeness (QED) is 0.179. The number of nitrogens with zero attached hydrogens (tertiary/aromatic N) is 1. The van der Waals surface area contributed by atoms with E-state index in [9.17, 15) is 4.39 Å². The van der Waals surface area contributed by atoms with E-state index in [1.165, 1.54) is 18.2 Å². The molecule has 0 amide bonds. The maximum absolute atomic E-state index is 16.9. The first kappa shape index (κ1) is 35.7. The van der Waals surface area contributed by atoms with E-state index in [1.54, 1.807) is 26.4 Å². The molecule has 5 nitrogen and oxygen atoms in total. The van der Waals surface area contributed by atoms with Crippen molar-refractivity contribution in [2.75, 3.05) is 45.4 Å². The topological polar surface area (TPSA) is 40.2 Å². The van der Waals surface area contributed by atoms with E-state index in [0.717, 1.165) is 56.8 Å². The van der Waals surface area contributed by atoms with Gasteiger partial charge in [-0.15, -0.1) is 0 Å². The Morgan fingerprint density at radius 1 is 0.691 bits per heavy atom. The van der Waals surface area contributed by atoms with E-state index in [1.807, 2.05) is 36.4 Å². The predicted octanol–water partition coefficient (Wildman–Crippen LogP) is 11.0. The number of anilines is 1. The molecule has 5 aromatic carbocycles. The molecule has 0 radical (unpaired) electrons. The number of hydrogen-bond acceptors (Lipinski definition) is 5. The van der Waals surface area contributed by atoms with E-state index in [2.05, 4.69) is 44.7 Å². The van der Waals surface area contributed by atoms with Crippen molar-refractivity contribution >= 4 is 22.5 Å². The molecule has 1 spiro atoms. The first-order valence-corrected chi connectivity index (χ1v) is 19.1. The van der Waals surface area contributed by atoms with Gasteiger partial charge in [-0.2, -0.15) is 0 Å². The lowest BCUT2D eigenvalue weighted by Crippen LogP contribution is -2.45. The molecule has 2 aliphatic carbocycles. The Labute approximate surface area is 320 Å². The standard InChI is InChI=1S/C47H46F3NO4/c1-44(2)25-45(3,4)27-46(26-44)41-36(21-31(49)22-37(41)50)40-34-23-38(51-17-19-54-20-18-51)39(53-6)24-35(34)43-33(42(40)46)15-16-47(55-43,28-7-11-30(48)12-8-28)29-9-13-32(52-5)14-10-29/h7-16,21-24H,17-20,25-27H2,1-6H3. The molecule has 0 N–H and O–H groups in total. The van der Waals surface area contributed by atoms with Crippen molar-refractivity contribution in [3.63, 3.8) is 0 Å². The third-order valence-corrected chi connectivity index (χ3v) is 12.3. The van der Waals surface area contributed by atoms with Gasteiger partial charge in [-0.25, -0.2) is 13.2 Å². The van der Waals surface area contributed by atoms with Crippen molar-refractivity contribution in [3.05, 3.63) is 124 Å². The summed E-state index contributed by atoms with van der Waals surface area (Å²) in [6.07, 6.45) is 6.44. The number of rotatable bonds is 5. The summed E-state index contributed by atoms with van der Waals surface area (Å²) in [6.45, 7) is 11.5. The number of hydrogen-bond donors (Lipinski definition) is 0. The summed E-state index contributed by atoms with van der Waals surface area (Å²) in [5.74, 6) is 0.473. The SMILES string of the molecule is COc1ccc(C2(c3ccc(F)cc3)C=Cc3c4c(c5cc(N6CCOCC6)c(OC)cc5c3O2)-c2cc(F)cc(F)c2C42CC(C)(C)CC(C)(C)C2)cc1. The second kappa shape index (κ2) is 12.5. The van der Waals surface area contributed by atoms with Crippen LogP contribution in [0, 0.1) is 28.3 Å². The summed E-state index contributed by atoms with van der Waals surface area (Å²) in [5, 5.41) is 1.59. The van der Waals surface area contributed by atoms with Crippen LogP contribution in [-0.4, -0.2) is 40.5 Å². The number of fused-ring (bicyclic) bond motifs is 10. The summed E-state index contributed by atoms with van der Waals surface area (Å²) in [4.78, 5) is 2.25. The number of halogens is 3. The summed E-state index contributed by atoms with van der Waals surface area (Å²) in [6, 6.07) is 20.8. The second-order valence-corrected chi connectivity index (χ2v) is 17.3. The molecule has 2 fully saturated rings. The molecule has 0 bridgehead atoms. The van der Waals surface area contributed by atoms with E-state index >= 15 is 8.78 Å². The van der Waals surface area contributed by atoms with Crippen LogP contribution in [0.5, 0.6) is 17.2 Å². The van der Waals surface area contributed by atoms with Crippen LogP contribution in [0.2, 0.25) is 0 Å². The van der Waals surface area contributed by atoms with Crippen molar-refractivity contribution < 1.29 is 32.1 Å². The molecule has 9 rings (SSSR count). The third-order valence-electron chi connectivity index (χ3n) is 12.3. The van der Waals surface area contributed by atoms with E-state index in [0.29, 0.717) is 67.5 Å². The van der Waals surface area contributed by atoms with Crippen molar-refractivity contribution in [1.82, 2.24) is 0 Å². The second-order valence-electron chi connectivity index (χ2n) is 17.3. The minimum atomic E-state index is -1.18. The van der Waals surface area contributed by atoms with Crippen LogP contribution in [-0.2, 0) is 15.8 Å². The molecular weight excluding hydrogens is 700 g/mol. The highest BCUT2D eigenvalue weighted by Crippen LogP contribution is 2.67. The minimum absolute atomic E-state index is 0.164. The van der Waals surface area contributed by atoms with E-state index < -0.39 is 22.7 Å². The summed E-state index contributed by atoms with van der Waals surface area (Å²) in [7, 11) is 3.28. The Morgan fingerprint density at radius 3 is 1.98 bits per heavy atom. The molecule has 0 aromatic heterocycles. The van der Waals surface area contributed by atoms with Crippen LogP contribution in [0.25, 0.3) is 28.0 Å². The predicted molar refractivity (Wildman–Crippen MR) is 211 cm³/mol. The van der Waals surface area contributed by atoms with Gasteiger partial charge >= 0.3 is 0 Å². The van der Waals surface area contributed by atoms with Gasteiger partial charge < -0.3 is 23.8 Å². The molecule has 55 heavy (non-hydrogen) atoms. The van der Waals surface area contributed by atoms with Gasteiger partial charge in [-0.1, -0.05) is 58.0 Å². The largest absolute Gasteiger partial charge is 0.497 e. The molecule has 8 heteroatoms. The molecule has 1 atom stereocenters. The van der Waals surface area contributed by atoms with E-state index in [-0.39, 0.29) is 16.6 Å². The number of benzene rings is 5. The van der Waals surface area contributed by atoms with Crippen molar-refractivity contribution in [1.29, 1.82) is 0 Å². The molecule has 2 heterocycles. The van der Waals surface area contributed by atoms with Crippen molar-refractivity contribution in [3.8, 4) is 28.4 Å². The monoisotopic (exact) mass is 745 g/mol. The zero-order chi connectivity index (χ0) is 38.5. The van der Waals surface area contributed by atoms with Gasteiger partial charge in [-0.05, 0) is 101 Å². The highest BCUT2D eigenvalue weighted by molar-refractivity contribution is 6.10. The number of methoxy groups -OCH3 is 2. The first-order valence-electron chi connectivity index (χ1n) is 19.1. The highest BCUT2D eigenvalue weighted by atomic mass is 19.1. The Kier molecular flexibility index (Phi) is 8.14. The van der Waals surface area contributed by atoms with Gasteiger partial charge in [0.05, 0.1) is 33.1 Å². The molecule has 5 aromatic rings. The lowest BCUT2D eigenvalue weighted by molar-refractivity contribution is 0.0627. The average Bonchev–Trinajstić information content (AvgIpc) is 3.41. The lowest BCUT2D eigenvalue weighted by Gasteiger charge is -2.52. The lowest BCUT2D eigenvalue weighted by atomic mass is 9.52. The van der Waals surface area contributed by atoms with Gasteiger partial charge in [0.1, 0.15) is 34.7 Å². The van der Waals surface area contributed by atoms with Gasteiger partial charge in [0.2, 0.25) is 0 Å². The van der Waals surface area contributed by atoms with Crippen LogP contribution in [0.4, 0.5) is 18.9 Å². The average molecular weight is 746 g/mol. The van der Waals surface area contributed by atoms with Crippen LogP contribution in [0.15, 0.2) is 78.9 Å². The van der Waals surface area contributed by atoms with Crippen LogP contribution in [0.3, 0.4) is 0 Å². The molecule has 4 aliphatic rings. The molecule has 2 aliphatic heterocycles. The fraction of sp³-hybridized carbons (Fsp3) is 0.362. The fourth-order valence-electron chi connectivity index (χ4n) is 11.0. The highest BCUT2D eigenvalue weighted by Gasteiger charge is 2.57. The van der Waals surface area contributed by atoms with Crippen LogP contribution >= 0.6 is 0 Å². The zero-order valence-corrected chi connectivity index (χ0v) is 32.2. The van der Waals surface area contributed by atoms with E-state index in [4.69, 9.17) is 18.9 Å². The molecule has 1 saturated carbocycles. The molecule has 284 valence electrons. The number of morpholine rings is 1. The molecule has 1 saturated heterocycles. The fourth-order valence-corrected chi connectivity index (χ4v) is 11.0. The van der Waals surface area contributed by atoms with Gasteiger partial charge in [-0.3, -0.25) is 0 Å². The van der Waals surface area contributed by atoms with Crippen molar-refractivity contribution in [2.45, 2.75) is 58.0 Å². The third kappa shape index (κ3) is 5.54. The Hall–Kier alpha value is -4.95. The molecule has 1 unspecified atom stereocenters. The normalized spacial score (nSPS) is 21.5. The van der Waals surface area contributed by atoms with Gasteiger partial charge in [0.15, 0.2) is 5.60 Å². The maximum atomic E-state index is 16.9. The Bertz CT molecular complexity index is 2360. The van der Waals surface area contributed by atoms with Crippen molar-refractivity contribution in [2.24, 2.45) is 10.8 Å². The Morgan fingerprint density at radius 2 is 1.35 bits per heavy atom. The van der Waals surface area contributed by atoms with Crippen LogP contribution < -0.4 is 19.1 Å². The van der Waals surface area contributed by atoms with Gasteiger partial charge in [0.25, 0.3) is 0 Å². The first-order chi connectivity index (χ1) is 26.3.